The first-order valence-electron chi connectivity index (χ1n) is 7.12. The van der Waals surface area contributed by atoms with Crippen LogP contribution in [0.25, 0.3) is 0 Å². The molecule has 0 N–H and O–H groups in total. The monoisotopic (exact) mass is 246 g/mol. The molecule has 0 spiro atoms. The molecule has 0 bridgehead atoms. The molecule has 1 saturated carbocycles. The molecule has 1 aromatic rings. The summed E-state index contributed by atoms with van der Waals surface area (Å²) < 4.78 is 2.11. The van der Waals surface area contributed by atoms with Gasteiger partial charge < -0.3 is 0 Å². The lowest BCUT2D eigenvalue weighted by atomic mass is 9.99. The molecule has 98 valence electrons. The highest BCUT2D eigenvalue weighted by Gasteiger charge is 2.27. The SMILES string of the molecule is CCC(CC)n1nnc(CC#N)c1C1CCCC1. The molecule has 0 atom stereocenters. The van der Waals surface area contributed by atoms with Crippen LogP contribution >= 0.6 is 0 Å². The first kappa shape index (κ1) is 13.1. The van der Waals surface area contributed by atoms with E-state index >= 15 is 0 Å². The second kappa shape index (κ2) is 5.99. The van der Waals surface area contributed by atoms with E-state index in [4.69, 9.17) is 5.26 Å². The van der Waals surface area contributed by atoms with Gasteiger partial charge in [0.15, 0.2) is 0 Å². The summed E-state index contributed by atoms with van der Waals surface area (Å²) in [7, 11) is 0. The molecule has 4 heteroatoms. The lowest BCUT2D eigenvalue weighted by molar-refractivity contribution is 0.394. The fourth-order valence-corrected chi connectivity index (χ4v) is 3.06. The Morgan fingerprint density at radius 3 is 2.56 bits per heavy atom. The zero-order valence-corrected chi connectivity index (χ0v) is 11.4. The van der Waals surface area contributed by atoms with Gasteiger partial charge in [-0.15, -0.1) is 5.10 Å². The van der Waals surface area contributed by atoms with Crippen molar-refractivity contribution in [3.63, 3.8) is 0 Å². The van der Waals surface area contributed by atoms with E-state index in [0.717, 1.165) is 18.5 Å². The van der Waals surface area contributed by atoms with Crippen molar-refractivity contribution in [2.75, 3.05) is 0 Å². The van der Waals surface area contributed by atoms with Crippen LogP contribution in [-0.4, -0.2) is 15.0 Å². The van der Waals surface area contributed by atoms with E-state index in [1.54, 1.807) is 0 Å². The Kier molecular flexibility index (Phi) is 4.35. The summed E-state index contributed by atoms with van der Waals surface area (Å²) in [5.41, 5.74) is 2.17. The highest BCUT2D eigenvalue weighted by Crippen LogP contribution is 2.37. The Hall–Kier alpha value is -1.37. The minimum Gasteiger partial charge on any atom is -0.246 e. The molecule has 0 amide bonds. The van der Waals surface area contributed by atoms with Crippen LogP contribution in [0, 0.1) is 11.3 Å². The molecule has 4 nitrogen and oxygen atoms in total. The third kappa shape index (κ3) is 2.40. The van der Waals surface area contributed by atoms with E-state index < -0.39 is 0 Å². The quantitative estimate of drug-likeness (QED) is 0.800. The molecule has 1 heterocycles. The number of hydrogen-bond acceptors (Lipinski definition) is 3. The van der Waals surface area contributed by atoms with Crippen LogP contribution in [0.3, 0.4) is 0 Å². The minimum atomic E-state index is 0.395. The van der Waals surface area contributed by atoms with Gasteiger partial charge in [-0.3, -0.25) is 0 Å². The van der Waals surface area contributed by atoms with Gasteiger partial charge in [0.2, 0.25) is 0 Å². The Balaban J connectivity index is 2.36. The van der Waals surface area contributed by atoms with Crippen LogP contribution in [-0.2, 0) is 6.42 Å². The zero-order chi connectivity index (χ0) is 13.0. The van der Waals surface area contributed by atoms with Crippen molar-refractivity contribution in [2.45, 2.75) is 70.8 Å². The van der Waals surface area contributed by atoms with Gasteiger partial charge >= 0.3 is 0 Å². The van der Waals surface area contributed by atoms with Gasteiger partial charge in [0.25, 0.3) is 0 Å². The summed E-state index contributed by atoms with van der Waals surface area (Å²) in [6, 6.07) is 2.65. The first-order valence-corrected chi connectivity index (χ1v) is 7.12. The molecule has 1 aliphatic rings. The largest absolute Gasteiger partial charge is 0.246 e. The number of hydrogen-bond donors (Lipinski definition) is 0. The Labute approximate surface area is 109 Å². The average molecular weight is 246 g/mol. The standard InChI is InChI=1S/C14H22N4/c1-3-12(4-2)18-14(11-7-5-6-8-11)13(9-10-15)16-17-18/h11-12H,3-9H2,1-2H3. The normalized spacial score (nSPS) is 16.3. The van der Waals surface area contributed by atoms with Crippen LogP contribution in [0.2, 0.25) is 0 Å². The summed E-state index contributed by atoms with van der Waals surface area (Å²) in [5, 5.41) is 17.5. The van der Waals surface area contributed by atoms with Crippen LogP contribution in [0.1, 0.15) is 75.7 Å². The molecule has 0 aliphatic heterocycles. The zero-order valence-electron chi connectivity index (χ0n) is 11.4. The Morgan fingerprint density at radius 2 is 2.00 bits per heavy atom. The van der Waals surface area contributed by atoms with Crippen LogP contribution in [0.15, 0.2) is 0 Å². The highest BCUT2D eigenvalue weighted by atomic mass is 15.4. The smallest absolute Gasteiger partial charge is 0.100 e. The average Bonchev–Trinajstić information content (AvgIpc) is 3.00. The van der Waals surface area contributed by atoms with Crippen molar-refractivity contribution < 1.29 is 0 Å². The first-order chi connectivity index (χ1) is 8.81. The molecule has 18 heavy (non-hydrogen) atoms. The summed E-state index contributed by atoms with van der Waals surface area (Å²) in [5.74, 6) is 0.573. The third-order valence-corrected chi connectivity index (χ3v) is 4.08. The Morgan fingerprint density at radius 1 is 1.33 bits per heavy atom. The molecule has 0 saturated heterocycles. The van der Waals surface area contributed by atoms with Crippen LogP contribution in [0.5, 0.6) is 0 Å². The van der Waals surface area contributed by atoms with E-state index in [1.165, 1.54) is 31.4 Å². The third-order valence-electron chi connectivity index (χ3n) is 4.08. The molecule has 0 aromatic carbocycles. The predicted octanol–water partition coefficient (Wildman–Crippen LogP) is 3.36. The van der Waals surface area contributed by atoms with Crippen LogP contribution in [0.4, 0.5) is 0 Å². The fourth-order valence-electron chi connectivity index (χ4n) is 3.06. The number of nitriles is 1. The fraction of sp³-hybridized carbons (Fsp3) is 0.786. The van der Waals surface area contributed by atoms with E-state index in [-0.39, 0.29) is 0 Å². The van der Waals surface area contributed by atoms with Crippen molar-refractivity contribution in [1.82, 2.24) is 15.0 Å². The minimum absolute atomic E-state index is 0.395. The van der Waals surface area contributed by atoms with Crippen molar-refractivity contribution in [2.24, 2.45) is 0 Å². The van der Waals surface area contributed by atoms with E-state index in [0.29, 0.717) is 18.4 Å². The van der Waals surface area contributed by atoms with Gasteiger partial charge in [0, 0.05) is 5.92 Å². The van der Waals surface area contributed by atoms with Gasteiger partial charge in [-0.2, -0.15) is 5.26 Å². The van der Waals surface area contributed by atoms with Crippen molar-refractivity contribution in [3.05, 3.63) is 11.4 Å². The highest BCUT2D eigenvalue weighted by molar-refractivity contribution is 5.20. The summed E-state index contributed by atoms with van der Waals surface area (Å²) in [4.78, 5) is 0. The lowest BCUT2D eigenvalue weighted by Crippen LogP contribution is -2.15. The van der Waals surface area contributed by atoms with Gasteiger partial charge in [-0.1, -0.05) is 31.9 Å². The molecule has 0 radical (unpaired) electrons. The van der Waals surface area contributed by atoms with Crippen molar-refractivity contribution in [1.29, 1.82) is 5.26 Å². The summed E-state index contributed by atoms with van der Waals surface area (Å²) in [6.45, 7) is 4.39. The van der Waals surface area contributed by atoms with E-state index in [2.05, 4.69) is 34.9 Å². The number of nitrogens with zero attached hydrogens (tertiary/aromatic N) is 4. The molecule has 1 fully saturated rings. The second-order valence-electron chi connectivity index (χ2n) is 5.15. The Bertz CT molecular complexity index is 419. The van der Waals surface area contributed by atoms with Crippen LogP contribution < -0.4 is 0 Å². The molecule has 0 unspecified atom stereocenters. The maximum atomic E-state index is 8.92. The maximum absolute atomic E-state index is 8.92. The number of aromatic nitrogens is 3. The topological polar surface area (TPSA) is 54.5 Å². The number of rotatable bonds is 5. The molecular weight excluding hydrogens is 224 g/mol. The maximum Gasteiger partial charge on any atom is 0.100 e. The van der Waals surface area contributed by atoms with E-state index in [1.807, 2.05) is 0 Å². The lowest BCUT2D eigenvalue weighted by Gasteiger charge is -2.19. The van der Waals surface area contributed by atoms with Gasteiger partial charge in [-0.25, -0.2) is 4.68 Å². The summed E-state index contributed by atoms with van der Waals surface area (Å²) in [6.07, 6.45) is 7.59. The predicted molar refractivity (Wildman–Crippen MR) is 70.2 cm³/mol. The molecule has 1 aliphatic carbocycles. The van der Waals surface area contributed by atoms with Gasteiger partial charge in [-0.05, 0) is 25.7 Å². The second-order valence-corrected chi connectivity index (χ2v) is 5.15. The van der Waals surface area contributed by atoms with Gasteiger partial charge in [0.05, 0.1) is 24.2 Å². The van der Waals surface area contributed by atoms with E-state index in [9.17, 15) is 0 Å². The molecular formula is C14H22N4. The van der Waals surface area contributed by atoms with Gasteiger partial charge in [0.1, 0.15) is 5.69 Å². The molecule has 2 rings (SSSR count). The van der Waals surface area contributed by atoms with Crippen molar-refractivity contribution in [3.8, 4) is 6.07 Å². The summed E-state index contributed by atoms with van der Waals surface area (Å²) >= 11 is 0. The van der Waals surface area contributed by atoms with Crippen molar-refractivity contribution >= 4 is 0 Å². The molecule has 1 aromatic heterocycles.